The van der Waals surface area contributed by atoms with Gasteiger partial charge in [0.05, 0.1) is 10.2 Å². The van der Waals surface area contributed by atoms with Gasteiger partial charge in [-0.25, -0.2) is 8.42 Å². The molecule has 6 heteroatoms. The largest absolute Gasteiger partial charge is 0.393 e. The van der Waals surface area contributed by atoms with Gasteiger partial charge in [0.1, 0.15) is 0 Å². The molecule has 0 saturated heterocycles. The van der Waals surface area contributed by atoms with Gasteiger partial charge in [0.25, 0.3) is 0 Å². The number of halogens is 1. The van der Waals surface area contributed by atoms with Crippen LogP contribution >= 0.6 is 23.8 Å². The molecule has 0 spiro atoms. The number of nitrogens with two attached hydrogens (primary N) is 1. The summed E-state index contributed by atoms with van der Waals surface area (Å²) in [4.78, 5) is 0.275. The Labute approximate surface area is 117 Å². The maximum Gasteiger partial charge on any atom is 0.154 e. The van der Waals surface area contributed by atoms with Crippen molar-refractivity contribution in [3.05, 3.63) is 34.9 Å². The SMILES string of the molecule is CCS(=O)(=O)[C@H]1[C@H](C(N)=S)[C@@H]1c1ccc(Cl)cc1. The van der Waals surface area contributed by atoms with Gasteiger partial charge in [0.15, 0.2) is 9.84 Å². The number of hydrogen-bond acceptors (Lipinski definition) is 3. The fourth-order valence-corrected chi connectivity index (χ4v) is 4.68. The molecule has 1 saturated carbocycles. The summed E-state index contributed by atoms with van der Waals surface area (Å²) in [6, 6.07) is 7.18. The van der Waals surface area contributed by atoms with Crippen molar-refractivity contribution in [1.82, 2.24) is 0 Å². The minimum Gasteiger partial charge on any atom is -0.393 e. The Balaban J connectivity index is 2.33. The quantitative estimate of drug-likeness (QED) is 0.866. The fourth-order valence-electron chi connectivity index (χ4n) is 2.34. The van der Waals surface area contributed by atoms with Crippen LogP contribution in [0.15, 0.2) is 24.3 Å². The molecule has 2 rings (SSSR count). The van der Waals surface area contributed by atoms with E-state index in [-0.39, 0.29) is 22.6 Å². The second-order valence-electron chi connectivity index (χ2n) is 4.42. The van der Waals surface area contributed by atoms with Gasteiger partial charge in [-0.3, -0.25) is 0 Å². The molecule has 1 aromatic carbocycles. The van der Waals surface area contributed by atoms with Crippen molar-refractivity contribution < 1.29 is 8.42 Å². The lowest BCUT2D eigenvalue weighted by atomic mass is 10.1. The number of hydrogen-bond donors (Lipinski definition) is 1. The molecule has 2 N–H and O–H groups in total. The van der Waals surface area contributed by atoms with Gasteiger partial charge in [-0.1, -0.05) is 42.9 Å². The highest BCUT2D eigenvalue weighted by molar-refractivity contribution is 7.92. The highest BCUT2D eigenvalue weighted by Crippen LogP contribution is 2.52. The van der Waals surface area contributed by atoms with Crippen LogP contribution < -0.4 is 5.73 Å². The van der Waals surface area contributed by atoms with E-state index < -0.39 is 15.1 Å². The number of thiocarbonyl (C=S) groups is 1. The van der Waals surface area contributed by atoms with Crippen LogP contribution in [0.25, 0.3) is 0 Å². The summed E-state index contributed by atoms with van der Waals surface area (Å²) in [5, 5.41) is 0.155. The van der Waals surface area contributed by atoms with Gasteiger partial charge in [-0.2, -0.15) is 0 Å². The van der Waals surface area contributed by atoms with E-state index in [0.29, 0.717) is 5.02 Å². The molecule has 1 aliphatic rings. The number of benzene rings is 1. The Morgan fingerprint density at radius 3 is 2.39 bits per heavy atom. The molecule has 1 aliphatic carbocycles. The summed E-state index contributed by atoms with van der Waals surface area (Å²) in [5.41, 5.74) is 6.57. The first-order chi connectivity index (χ1) is 8.38. The first kappa shape index (κ1) is 13.8. The molecule has 0 radical (unpaired) electrons. The first-order valence-corrected chi connectivity index (χ1v) is 8.15. The predicted octanol–water partition coefficient (Wildman–Crippen LogP) is 2.14. The molecule has 0 amide bonds. The van der Waals surface area contributed by atoms with Crippen molar-refractivity contribution in [3.8, 4) is 0 Å². The van der Waals surface area contributed by atoms with Gasteiger partial charge in [-0.15, -0.1) is 0 Å². The molecule has 3 nitrogen and oxygen atoms in total. The zero-order chi connectivity index (χ0) is 13.5. The maximum absolute atomic E-state index is 12.0. The van der Waals surface area contributed by atoms with Crippen molar-refractivity contribution in [2.75, 3.05) is 5.75 Å². The van der Waals surface area contributed by atoms with Gasteiger partial charge in [0, 0.05) is 22.6 Å². The predicted molar refractivity (Wildman–Crippen MR) is 77.7 cm³/mol. The molecule has 0 bridgehead atoms. The third-order valence-corrected chi connectivity index (χ3v) is 6.10. The number of sulfone groups is 1. The molecule has 1 aromatic rings. The van der Waals surface area contributed by atoms with E-state index in [2.05, 4.69) is 0 Å². The highest BCUT2D eigenvalue weighted by atomic mass is 35.5. The lowest BCUT2D eigenvalue weighted by Gasteiger charge is -2.00. The molecule has 98 valence electrons. The smallest absolute Gasteiger partial charge is 0.154 e. The monoisotopic (exact) mass is 303 g/mol. The van der Waals surface area contributed by atoms with Crippen molar-refractivity contribution in [3.63, 3.8) is 0 Å². The summed E-state index contributed by atoms with van der Waals surface area (Å²) in [5.74, 6) is -0.253. The lowest BCUT2D eigenvalue weighted by molar-refractivity contribution is 0.594. The summed E-state index contributed by atoms with van der Waals surface area (Å²) in [6.45, 7) is 1.64. The molecule has 1 fully saturated rings. The standard InChI is InChI=1S/C12H14ClNO2S2/c1-2-18(15,16)11-9(10(11)12(14)17)7-3-5-8(13)6-4-7/h3-6,9-11H,2H2,1H3,(H2,14,17)/t9-,10+,11+/m0/s1. The molecular weight excluding hydrogens is 290 g/mol. The van der Waals surface area contributed by atoms with Crippen molar-refractivity contribution >= 4 is 38.6 Å². The van der Waals surface area contributed by atoms with E-state index in [9.17, 15) is 8.42 Å². The Kier molecular flexibility index (Phi) is 3.67. The minimum absolute atomic E-state index is 0.112. The number of rotatable bonds is 4. The van der Waals surface area contributed by atoms with Crippen molar-refractivity contribution in [2.45, 2.75) is 18.1 Å². The molecule has 0 aliphatic heterocycles. The second-order valence-corrected chi connectivity index (χ2v) is 7.78. The first-order valence-electron chi connectivity index (χ1n) is 5.65. The van der Waals surface area contributed by atoms with E-state index in [1.165, 1.54) is 0 Å². The van der Waals surface area contributed by atoms with Crippen LogP contribution in [0.5, 0.6) is 0 Å². The third-order valence-electron chi connectivity index (χ3n) is 3.35. The van der Waals surface area contributed by atoms with E-state index >= 15 is 0 Å². The zero-order valence-electron chi connectivity index (χ0n) is 9.84. The molecule has 0 aromatic heterocycles. The molecule has 18 heavy (non-hydrogen) atoms. The van der Waals surface area contributed by atoms with Gasteiger partial charge in [-0.05, 0) is 17.7 Å². The Hall–Kier alpha value is -0.650. The van der Waals surface area contributed by atoms with Gasteiger partial charge in [0.2, 0.25) is 0 Å². The normalized spacial score (nSPS) is 26.9. The highest BCUT2D eigenvalue weighted by Gasteiger charge is 2.59. The summed E-state index contributed by atoms with van der Waals surface area (Å²) >= 11 is 10.8. The second kappa shape index (κ2) is 4.79. The van der Waals surface area contributed by atoms with E-state index in [0.717, 1.165) is 5.56 Å². The van der Waals surface area contributed by atoms with Crippen LogP contribution in [-0.4, -0.2) is 24.4 Å². The zero-order valence-corrected chi connectivity index (χ0v) is 12.2. The van der Waals surface area contributed by atoms with E-state index in [1.54, 1.807) is 19.1 Å². The fraction of sp³-hybridized carbons (Fsp3) is 0.417. The average molecular weight is 304 g/mol. The Morgan fingerprint density at radius 1 is 1.39 bits per heavy atom. The van der Waals surface area contributed by atoms with Gasteiger partial charge < -0.3 is 5.73 Å². The molecule has 3 atom stereocenters. The average Bonchev–Trinajstić information content (AvgIpc) is 3.06. The van der Waals surface area contributed by atoms with Crippen LogP contribution in [0, 0.1) is 5.92 Å². The van der Waals surface area contributed by atoms with Crippen LogP contribution in [0.3, 0.4) is 0 Å². The maximum atomic E-state index is 12.0. The molecule has 0 heterocycles. The summed E-state index contributed by atoms with van der Waals surface area (Å²) in [7, 11) is -3.13. The van der Waals surface area contributed by atoms with Crippen LogP contribution in [0.1, 0.15) is 18.4 Å². The third kappa shape index (κ3) is 2.39. The topological polar surface area (TPSA) is 60.2 Å². The van der Waals surface area contributed by atoms with E-state index in [1.807, 2.05) is 12.1 Å². The van der Waals surface area contributed by atoms with Gasteiger partial charge >= 0.3 is 0 Å². The van der Waals surface area contributed by atoms with Crippen LogP contribution in [-0.2, 0) is 9.84 Å². The van der Waals surface area contributed by atoms with Crippen LogP contribution in [0.2, 0.25) is 5.02 Å². The van der Waals surface area contributed by atoms with E-state index in [4.69, 9.17) is 29.6 Å². The van der Waals surface area contributed by atoms with Crippen molar-refractivity contribution in [2.24, 2.45) is 11.7 Å². The Bertz CT molecular complexity index is 568. The summed E-state index contributed by atoms with van der Waals surface area (Å²) < 4.78 is 24.0. The molecule has 0 unspecified atom stereocenters. The summed E-state index contributed by atoms with van der Waals surface area (Å²) in [6.07, 6.45) is 0. The lowest BCUT2D eigenvalue weighted by Crippen LogP contribution is -2.18. The Morgan fingerprint density at radius 2 is 1.94 bits per heavy atom. The van der Waals surface area contributed by atoms with Crippen LogP contribution in [0.4, 0.5) is 0 Å². The molecular formula is C12H14ClNO2S2. The minimum atomic E-state index is -3.13. The van der Waals surface area contributed by atoms with Crippen molar-refractivity contribution in [1.29, 1.82) is 0 Å².